The number of nitrogens with zero attached hydrogens (tertiary/aromatic N) is 1. The van der Waals surface area contributed by atoms with Crippen molar-refractivity contribution in [3.8, 4) is 5.88 Å². The Morgan fingerprint density at radius 2 is 2.00 bits per heavy atom. The van der Waals surface area contributed by atoms with Gasteiger partial charge in [0.2, 0.25) is 5.88 Å². The molecule has 1 aromatic heterocycles. The molecule has 2 aromatic rings. The van der Waals surface area contributed by atoms with Gasteiger partial charge in [-0.25, -0.2) is 4.98 Å². The van der Waals surface area contributed by atoms with Crippen LogP contribution in [0, 0.1) is 0 Å². The highest BCUT2D eigenvalue weighted by atomic mass is 79.9. The smallest absolute Gasteiger partial charge is 0.217 e. The molecule has 3 nitrogen and oxygen atoms in total. The molecule has 0 amide bonds. The molecule has 5 heteroatoms. The van der Waals surface area contributed by atoms with Crippen molar-refractivity contribution in [2.24, 2.45) is 0 Å². The van der Waals surface area contributed by atoms with Gasteiger partial charge >= 0.3 is 0 Å². The van der Waals surface area contributed by atoms with Gasteiger partial charge in [0.1, 0.15) is 0 Å². The van der Waals surface area contributed by atoms with Gasteiger partial charge in [-0.3, -0.25) is 0 Å². The number of methoxy groups -OCH3 is 1. The van der Waals surface area contributed by atoms with Crippen molar-refractivity contribution in [3.63, 3.8) is 0 Å². The van der Waals surface area contributed by atoms with Crippen LogP contribution < -0.4 is 10.1 Å². The van der Waals surface area contributed by atoms with Crippen molar-refractivity contribution < 1.29 is 4.74 Å². The predicted molar refractivity (Wildman–Crippen MR) is 83.2 cm³/mol. The molecule has 0 aliphatic heterocycles. The molecule has 0 bridgehead atoms. The highest BCUT2D eigenvalue weighted by Gasteiger charge is 2.03. The van der Waals surface area contributed by atoms with Gasteiger partial charge in [0.15, 0.2) is 0 Å². The molecule has 0 unspecified atom stereocenters. The third-order valence-corrected chi connectivity index (χ3v) is 4.55. The first kappa shape index (κ1) is 14.5. The van der Waals surface area contributed by atoms with Crippen molar-refractivity contribution in [2.45, 2.75) is 13.1 Å². The molecule has 0 radical (unpaired) electrons. The molecule has 0 aliphatic rings. The lowest BCUT2D eigenvalue weighted by molar-refractivity contribution is 0.390. The lowest BCUT2D eigenvalue weighted by Crippen LogP contribution is -2.13. The SMILES string of the molecule is COc1ncccc1CNCc1ccc(Br)c(Br)c1. The fourth-order valence-electron chi connectivity index (χ4n) is 1.73. The summed E-state index contributed by atoms with van der Waals surface area (Å²) in [5.74, 6) is 0.673. The van der Waals surface area contributed by atoms with Crippen molar-refractivity contribution in [2.75, 3.05) is 7.11 Å². The molecule has 0 fully saturated rings. The van der Waals surface area contributed by atoms with E-state index in [-0.39, 0.29) is 0 Å². The lowest BCUT2D eigenvalue weighted by Gasteiger charge is -2.09. The number of benzene rings is 1. The first-order chi connectivity index (χ1) is 9.20. The van der Waals surface area contributed by atoms with Gasteiger partial charge in [-0.1, -0.05) is 12.1 Å². The summed E-state index contributed by atoms with van der Waals surface area (Å²) in [4.78, 5) is 4.17. The predicted octanol–water partition coefficient (Wildman–Crippen LogP) is 3.91. The van der Waals surface area contributed by atoms with E-state index in [0.717, 1.165) is 27.6 Å². The molecule has 1 heterocycles. The summed E-state index contributed by atoms with van der Waals surface area (Å²) < 4.78 is 7.34. The second-order valence-corrected chi connectivity index (χ2v) is 5.73. The zero-order valence-electron chi connectivity index (χ0n) is 10.5. The number of aromatic nitrogens is 1. The van der Waals surface area contributed by atoms with E-state index in [0.29, 0.717) is 5.88 Å². The first-order valence-electron chi connectivity index (χ1n) is 5.83. The van der Waals surface area contributed by atoms with E-state index in [4.69, 9.17) is 4.74 Å². The summed E-state index contributed by atoms with van der Waals surface area (Å²) in [5.41, 5.74) is 2.28. The summed E-state index contributed by atoms with van der Waals surface area (Å²) in [6.07, 6.45) is 1.73. The normalized spacial score (nSPS) is 10.5. The molecule has 19 heavy (non-hydrogen) atoms. The van der Waals surface area contributed by atoms with Gasteiger partial charge in [0, 0.05) is 33.8 Å². The number of ether oxygens (including phenoxy) is 1. The Balaban J connectivity index is 1.94. The molecule has 1 aromatic carbocycles. The van der Waals surface area contributed by atoms with Crippen molar-refractivity contribution in [1.29, 1.82) is 0 Å². The molecule has 1 N–H and O–H groups in total. The standard InChI is InChI=1S/C14H14Br2N2O/c1-19-14-11(3-2-6-18-14)9-17-8-10-4-5-12(15)13(16)7-10/h2-7,17H,8-9H2,1H3. The number of halogens is 2. The number of nitrogens with one attached hydrogen (secondary N) is 1. The van der Waals surface area contributed by atoms with Crippen LogP contribution in [0.1, 0.15) is 11.1 Å². The zero-order valence-corrected chi connectivity index (χ0v) is 13.7. The van der Waals surface area contributed by atoms with Gasteiger partial charge < -0.3 is 10.1 Å². The van der Waals surface area contributed by atoms with Crippen molar-refractivity contribution >= 4 is 31.9 Å². The maximum absolute atomic E-state index is 5.22. The van der Waals surface area contributed by atoms with E-state index in [1.807, 2.05) is 18.2 Å². The van der Waals surface area contributed by atoms with Crippen LogP contribution in [0.2, 0.25) is 0 Å². The minimum atomic E-state index is 0.673. The Labute approximate surface area is 129 Å². The highest BCUT2D eigenvalue weighted by Crippen LogP contribution is 2.23. The molecule has 0 spiro atoms. The van der Waals surface area contributed by atoms with Crippen LogP contribution >= 0.6 is 31.9 Å². The molecular weight excluding hydrogens is 372 g/mol. The first-order valence-corrected chi connectivity index (χ1v) is 7.42. The molecule has 0 saturated carbocycles. The van der Waals surface area contributed by atoms with Gasteiger partial charge in [-0.2, -0.15) is 0 Å². The zero-order chi connectivity index (χ0) is 13.7. The Bertz CT molecular complexity index is 561. The van der Waals surface area contributed by atoms with E-state index in [1.165, 1.54) is 5.56 Å². The number of pyridine rings is 1. The van der Waals surface area contributed by atoms with E-state index < -0.39 is 0 Å². The van der Waals surface area contributed by atoms with Crippen LogP contribution in [0.4, 0.5) is 0 Å². The lowest BCUT2D eigenvalue weighted by atomic mass is 10.2. The Morgan fingerprint density at radius 1 is 1.16 bits per heavy atom. The fraction of sp³-hybridized carbons (Fsp3) is 0.214. The summed E-state index contributed by atoms with van der Waals surface area (Å²) in [5, 5.41) is 3.38. The maximum atomic E-state index is 5.22. The van der Waals surface area contributed by atoms with Crippen LogP contribution in [-0.4, -0.2) is 12.1 Å². The topological polar surface area (TPSA) is 34.1 Å². The van der Waals surface area contributed by atoms with Gasteiger partial charge in [0.25, 0.3) is 0 Å². The quantitative estimate of drug-likeness (QED) is 0.847. The second kappa shape index (κ2) is 7.03. The average Bonchev–Trinajstić information content (AvgIpc) is 2.43. The molecule has 0 saturated heterocycles. The summed E-state index contributed by atoms with van der Waals surface area (Å²) in [6.45, 7) is 1.52. The summed E-state index contributed by atoms with van der Waals surface area (Å²) in [7, 11) is 1.64. The Hall–Kier alpha value is -0.910. The molecule has 0 atom stereocenters. The molecule has 2 rings (SSSR count). The van der Waals surface area contributed by atoms with Gasteiger partial charge in [0.05, 0.1) is 7.11 Å². The third kappa shape index (κ3) is 4.03. The van der Waals surface area contributed by atoms with Crippen LogP contribution in [-0.2, 0) is 13.1 Å². The maximum Gasteiger partial charge on any atom is 0.217 e. The van der Waals surface area contributed by atoms with Crippen LogP contribution in [0.25, 0.3) is 0 Å². The van der Waals surface area contributed by atoms with Crippen molar-refractivity contribution in [1.82, 2.24) is 10.3 Å². The van der Waals surface area contributed by atoms with Gasteiger partial charge in [-0.15, -0.1) is 0 Å². The molecule has 100 valence electrons. The summed E-state index contributed by atoms with van der Waals surface area (Å²) in [6, 6.07) is 10.1. The van der Waals surface area contributed by atoms with E-state index >= 15 is 0 Å². The Morgan fingerprint density at radius 3 is 2.74 bits per heavy atom. The van der Waals surface area contributed by atoms with Crippen LogP contribution in [0.15, 0.2) is 45.5 Å². The second-order valence-electron chi connectivity index (χ2n) is 4.02. The minimum absolute atomic E-state index is 0.673. The average molecular weight is 386 g/mol. The number of hydrogen-bond acceptors (Lipinski definition) is 3. The minimum Gasteiger partial charge on any atom is -0.481 e. The van der Waals surface area contributed by atoms with Crippen LogP contribution in [0.5, 0.6) is 5.88 Å². The summed E-state index contributed by atoms with van der Waals surface area (Å²) >= 11 is 6.96. The van der Waals surface area contributed by atoms with E-state index in [2.05, 4.69) is 54.3 Å². The monoisotopic (exact) mass is 384 g/mol. The van der Waals surface area contributed by atoms with E-state index in [1.54, 1.807) is 13.3 Å². The molecule has 0 aliphatic carbocycles. The number of hydrogen-bond donors (Lipinski definition) is 1. The third-order valence-electron chi connectivity index (χ3n) is 2.67. The van der Waals surface area contributed by atoms with Crippen LogP contribution in [0.3, 0.4) is 0 Å². The van der Waals surface area contributed by atoms with E-state index in [9.17, 15) is 0 Å². The largest absolute Gasteiger partial charge is 0.481 e. The number of rotatable bonds is 5. The fourth-order valence-corrected chi connectivity index (χ4v) is 2.41. The Kier molecular flexibility index (Phi) is 5.36. The highest BCUT2D eigenvalue weighted by molar-refractivity contribution is 9.13. The van der Waals surface area contributed by atoms with Crippen molar-refractivity contribution in [3.05, 3.63) is 56.6 Å². The molecular formula is C14H14Br2N2O. The van der Waals surface area contributed by atoms with Gasteiger partial charge in [-0.05, 0) is 55.6 Å².